The fraction of sp³-hybridized carbons (Fsp3) is 0.148. The molecule has 162 valence electrons. The zero-order chi connectivity index (χ0) is 22.4. The summed E-state index contributed by atoms with van der Waals surface area (Å²) in [5, 5.41) is 2.29. The number of para-hydroxylation sites is 1. The number of imide groups is 1. The smallest absolute Gasteiger partial charge is 0.261 e. The normalized spacial score (nSPS) is 14.6. The molecule has 0 aliphatic carbocycles. The molecule has 0 spiro atoms. The van der Waals surface area contributed by atoms with Crippen LogP contribution in [0.5, 0.6) is 0 Å². The van der Waals surface area contributed by atoms with Gasteiger partial charge in [0, 0.05) is 28.4 Å². The van der Waals surface area contributed by atoms with E-state index < -0.39 is 0 Å². The lowest BCUT2D eigenvalue weighted by Gasteiger charge is -2.18. The van der Waals surface area contributed by atoms with Crippen molar-refractivity contribution in [2.24, 2.45) is 0 Å². The molecule has 2 aliphatic rings. The minimum Gasteiger partial charge on any atom is -0.332 e. The highest BCUT2D eigenvalue weighted by atomic mass is 32.2. The number of pyridine rings is 1. The molecule has 0 unspecified atom stereocenters. The third-order valence-electron chi connectivity index (χ3n) is 6.31. The summed E-state index contributed by atoms with van der Waals surface area (Å²) in [6, 6.07) is 19.7. The predicted molar refractivity (Wildman–Crippen MR) is 132 cm³/mol. The minimum atomic E-state index is -0.183. The first-order chi connectivity index (χ1) is 16.2. The fourth-order valence-electron chi connectivity index (χ4n) is 4.68. The molecule has 6 heteroatoms. The number of nitrogens with one attached hydrogen (secondary N) is 1. The van der Waals surface area contributed by atoms with Crippen LogP contribution in [0, 0.1) is 0 Å². The van der Waals surface area contributed by atoms with Gasteiger partial charge in [0.2, 0.25) is 0 Å². The Morgan fingerprint density at radius 3 is 2.48 bits per heavy atom. The van der Waals surface area contributed by atoms with E-state index in [1.807, 2.05) is 24.4 Å². The Kier molecular flexibility index (Phi) is 4.88. The fourth-order valence-corrected chi connectivity index (χ4v) is 5.45. The Hall–Kier alpha value is -3.64. The van der Waals surface area contributed by atoms with Gasteiger partial charge < -0.3 is 4.72 Å². The minimum absolute atomic E-state index is 0.183. The van der Waals surface area contributed by atoms with E-state index in [4.69, 9.17) is 4.98 Å². The van der Waals surface area contributed by atoms with Crippen LogP contribution in [0.4, 0.5) is 0 Å². The van der Waals surface area contributed by atoms with Gasteiger partial charge in [0.25, 0.3) is 11.8 Å². The highest BCUT2D eigenvalue weighted by molar-refractivity contribution is 7.97. The molecule has 0 fully saturated rings. The summed E-state index contributed by atoms with van der Waals surface area (Å²) in [7, 11) is 0. The van der Waals surface area contributed by atoms with Crippen molar-refractivity contribution >= 4 is 51.6 Å². The summed E-state index contributed by atoms with van der Waals surface area (Å²) in [6.45, 7) is 0.436. The van der Waals surface area contributed by atoms with Crippen molar-refractivity contribution in [1.29, 1.82) is 0 Å². The molecular formula is C27H21N3O2S. The SMILES string of the molecule is O=C1c2ccccc2C(=O)N1CCCCc1cc2c(c3cc4ccccc4nc13)SNC=C2. The number of carbonyl (C=O) groups excluding carboxylic acids is 2. The zero-order valence-electron chi connectivity index (χ0n) is 17.9. The standard InChI is InChI=1S/C27H21N3O2S/c31-26-20-9-2-3-10-21(20)27(32)30(26)14-6-5-8-18-15-19-12-13-28-33-25(19)22-16-17-7-1-4-11-23(17)29-24(18)22/h1-4,7,9-13,15-16,28H,5-6,8,14H2. The molecule has 0 saturated carbocycles. The number of fused-ring (bicyclic) bond motifs is 5. The number of hydrogen-bond acceptors (Lipinski definition) is 5. The van der Waals surface area contributed by atoms with Gasteiger partial charge in [-0.2, -0.15) is 0 Å². The maximum Gasteiger partial charge on any atom is 0.261 e. The van der Waals surface area contributed by atoms with E-state index >= 15 is 0 Å². The van der Waals surface area contributed by atoms with Gasteiger partial charge in [0.05, 0.1) is 22.2 Å². The molecule has 33 heavy (non-hydrogen) atoms. The first-order valence-corrected chi connectivity index (χ1v) is 11.9. The van der Waals surface area contributed by atoms with E-state index in [0.29, 0.717) is 17.7 Å². The van der Waals surface area contributed by atoms with Gasteiger partial charge in [-0.25, -0.2) is 4.98 Å². The molecule has 2 amide bonds. The first-order valence-electron chi connectivity index (χ1n) is 11.1. The molecule has 3 heterocycles. The average molecular weight is 452 g/mol. The van der Waals surface area contributed by atoms with E-state index in [0.717, 1.165) is 41.1 Å². The van der Waals surface area contributed by atoms with E-state index in [2.05, 4.69) is 29.0 Å². The molecule has 0 atom stereocenters. The maximum absolute atomic E-state index is 12.6. The van der Waals surface area contributed by atoms with Gasteiger partial charge in [0.15, 0.2) is 0 Å². The second-order valence-electron chi connectivity index (χ2n) is 8.35. The topological polar surface area (TPSA) is 62.3 Å². The number of benzene rings is 3. The van der Waals surface area contributed by atoms with Gasteiger partial charge in [-0.1, -0.05) is 30.3 Å². The average Bonchev–Trinajstić information content (AvgIpc) is 3.10. The second kappa shape index (κ2) is 8.05. The van der Waals surface area contributed by atoms with Crippen LogP contribution in [0.2, 0.25) is 0 Å². The molecule has 5 nitrogen and oxygen atoms in total. The van der Waals surface area contributed by atoms with Gasteiger partial charge in [0.1, 0.15) is 0 Å². The third kappa shape index (κ3) is 3.38. The van der Waals surface area contributed by atoms with Crippen molar-refractivity contribution in [3.05, 3.63) is 89.1 Å². The largest absolute Gasteiger partial charge is 0.332 e. The Labute approximate surface area is 195 Å². The van der Waals surface area contributed by atoms with E-state index in [1.165, 1.54) is 20.9 Å². The van der Waals surface area contributed by atoms with Crippen LogP contribution in [0.25, 0.3) is 27.9 Å². The van der Waals surface area contributed by atoms with E-state index in [-0.39, 0.29) is 11.8 Å². The molecule has 0 bridgehead atoms. The summed E-state index contributed by atoms with van der Waals surface area (Å²) in [4.78, 5) is 32.8. The Morgan fingerprint density at radius 2 is 1.67 bits per heavy atom. The van der Waals surface area contributed by atoms with Crippen molar-refractivity contribution in [2.75, 3.05) is 6.54 Å². The van der Waals surface area contributed by atoms with E-state index in [9.17, 15) is 9.59 Å². The highest BCUT2D eigenvalue weighted by Gasteiger charge is 2.34. The lowest BCUT2D eigenvalue weighted by atomic mass is 9.99. The van der Waals surface area contributed by atoms with Crippen molar-refractivity contribution in [3.8, 4) is 0 Å². The summed E-state index contributed by atoms with van der Waals surface area (Å²) in [5.41, 5.74) is 5.43. The van der Waals surface area contributed by atoms with Gasteiger partial charge in [-0.05, 0) is 78.7 Å². The van der Waals surface area contributed by atoms with Crippen LogP contribution in [-0.4, -0.2) is 28.2 Å². The number of rotatable bonds is 5. The van der Waals surface area contributed by atoms with Crippen LogP contribution in [0.3, 0.4) is 0 Å². The molecule has 2 aliphatic heterocycles. The number of nitrogens with zero attached hydrogens (tertiary/aromatic N) is 2. The molecule has 3 aromatic carbocycles. The maximum atomic E-state index is 12.6. The molecule has 1 aromatic heterocycles. The molecule has 0 saturated heterocycles. The second-order valence-corrected chi connectivity index (χ2v) is 9.20. The van der Waals surface area contributed by atoms with Gasteiger partial charge >= 0.3 is 0 Å². The van der Waals surface area contributed by atoms with E-state index in [1.54, 1.807) is 36.2 Å². The van der Waals surface area contributed by atoms with Gasteiger partial charge in [-0.3, -0.25) is 14.5 Å². The highest BCUT2D eigenvalue weighted by Crippen LogP contribution is 2.36. The van der Waals surface area contributed by atoms with Crippen LogP contribution >= 0.6 is 11.9 Å². The molecule has 1 N–H and O–H groups in total. The number of hydrogen-bond donors (Lipinski definition) is 1. The summed E-state index contributed by atoms with van der Waals surface area (Å²) >= 11 is 1.62. The van der Waals surface area contributed by atoms with Crippen LogP contribution in [-0.2, 0) is 6.42 Å². The Morgan fingerprint density at radius 1 is 0.909 bits per heavy atom. The Balaban J connectivity index is 1.25. The summed E-state index contributed by atoms with van der Waals surface area (Å²) in [5.74, 6) is -0.366. The van der Waals surface area contributed by atoms with Crippen LogP contribution in [0.15, 0.2) is 71.8 Å². The quantitative estimate of drug-likeness (QED) is 0.186. The monoisotopic (exact) mass is 451 g/mol. The number of carbonyl (C=O) groups is 2. The lowest BCUT2D eigenvalue weighted by molar-refractivity contribution is 0.0652. The predicted octanol–water partition coefficient (Wildman–Crippen LogP) is 5.59. The van der Waals surface area contributed by atoms with Crippen molar-refractivity contribution < 1.29 is 9.59 Å². The van der Waals surface area contributed by atoms with Crippen LogP contribution < -0.4 is 4.72 Å². The van der Waals surface area contributed by atoms with Crippen LogP contribution in [0.1, 0.15) is 44.7 Å². The number of unbranched alkanes of at least 4 members (excludes halogenated alkanes) is 1. The Bertz CT molecular complexity index is 1440. The van der Waals surface area contributed by atoms with Crippen molar-refractivity contribution in [3.63, 3.8) is 0 Å². The van der Waals surface area contributed by atoms with Crippen molar-refractivity contribution in [1.82, 2.24) is 14.6 Å². The molecule has 0 radical (unpaired) electrons. The lowest BCUT2D eigenvalue weighted by Crippen LogP contribution is -2.30. The first kappa shape index (κ1) is 20.0. The molecule has 6 rings (SSSR count). The summed E-state index contributed by atoms with van der Waals surface area (Å²) in [6.07, 6.45) is 6.51. The number of aryl methyl sites for hydroxylation is 1. The zero-order valence-corrected chi connectivity index (χ0v) is 18.7. The number of amides is 2. The van der Waals surface area contributed by atoms with Crippen molar-refractivity contribution in [2.45, 2.75) is 24.2 Å². The third-order valence-corrected chi connectivity index (χ3v) is 7.23. The molecule has 4 aromatic rings. The number of aromatic nitrogens is 1. The van der Waals surface area contributed by atoms with Gasteiger partial charge in [-0.15, -0.1) is 0 Å². The molecular weight excluding hydrogens is 430 g/mol. The summed E-state index contributed by atoms with van der Waals surface area (Å²) < 4.78 is 3.24.